The van der Waals surface area contributed by atoms with Crippen LogP contribution in [-0.2, 0) is 11.2 Å². The summed E-state index contributed by atoms with van der Waals surface area (Å²) in [6.45, 7) is 1.88. The fourth-order valence-electron chi connectivity index (χ4n) is 3.22. The van der Waals surface area contributed by atoms with Crippen LogP contribution in [0.4, 0.5) is 0 Å². The number of aromatic nitrogens is 1. The third-order valence-electron chi connectivity index (χ3n) is 4.46. The summed E-state index contributed by atoms with van der Waals surface area (Å²) < 4.78 is 0. The zero-order valence-corrected chi connectivity index (χ0v) is 12.2. The van der Waals surface area contributed by atoms with Gasteiger partial charge >= 0.3 is 0 Å². The average Bonchev–Trinajstić information content (AvgIpc) is 3.12. The fraction of sp³-hybridized carbons (Fsp3) is 0.471. The highest BCUT2D eigenvalue weighted by atomic mass is 16.3. The number of para-hydroxylation sites is 1. The van der Waals surface area contributed by atoms with E-state index in [-0.39, 0.29) is 12.5 Å². The Kier molecular flexibility index (Phi) is 4.25. The standard InChI is InChI=1S/C17H22N2O2/c20-10-8-13-7-9-19(12-13)17(21)6-5-14-11-18-16-4-2-1-3-15(14)16/h1-4,11,13,18,20H,5-10,12H2. The minimum absolute atomic E-state index is 0.224. The molecule has 1 fully saturated rings. The summed E-state index contributed by atoms with van der Waals surface area (Å²) in [4.78, 5) is 17.5. The second-order valence-corrected chi connectivity index (χ2v) is 5.87. The van der Waals surface area contributed by atoms with E-state index < -0.39 is 0 Å². The van der Waals surface area contributed by atoms with Crippen molar-refractivity contribution in [2.45, 2.75) is 25.7 Å². The number of aryl methyl sites for hydroxylation is 1. The van der Waals surface area contributed by atoms with E-state index in [1.54, 1.807) is 0 Å². The summed E-state index contributed by atoms with van der Waals surface area (Å²) in [7, 11) is 0. The lowest BCUT2D eigenvalue weighted by atomic mass is 10.1. The molecule has 3 rings (SSSR count). The number of nitrogens with one attached hydrogen (secondary N) is 1. The van der Waals surface area contributed by atoms with Gasteiger partial charge < -0.3 is 15.0 Å². The predicted octanol–water partition coefficient (Wildman–Crippen LogP) is 2.33. The molecule has 1 saturated heterocycles. The number of benzene rings is 1. The second kappa shape index (κ2) is 6.31. The van der Waals surface area contributed by atoms with Gasteiger partial charge in [-0.2, -0.15) is 0 Å². The van der Waals surface area contributed by atoms with E-state index in [1.807, 2.05) is 23.2 Å². The highest BCUT2D eigenvalue weighted by Crippen LogP contribution is 2.22. The Balaban J connectivity index is 1.57. The number of aromatic amines is 1. The second-order valence-electron chi connectivity index (χ2n) is 5.87. The summed E-state index contributed by atoms with van der Waals surface area (Å²) in [5.74, 6) is 0.716. The first-order valence-electron chi connectivity index (χ1n) is 7.71. The summed E-state index contributed by atoms with van der Waals surface area (Å²) in [6.07, 6.45) is 5.19. The summed E-state index contributed by atoms with van der Waals surface area (Å²) >= 11 is 0. The van der Waals surface area contributed by atoms with Crippen molar-refractivity contribution in [2.24, 2.45) is 5.92 Å². The topological polar surface area (TPSA) is 56.3 Å². The molecule has 112 valence electrons. The molecule has 1 aromatic heterocycles. The van der Waals surface area contributed by atoms with Gasteiger partial charge in [-0.15, -0.1) is 0 Å². The van der Waals surface area contributed by atoms with E-state index in [0.29, 0.717) is 12.3 Å². The van der Waals surface area contributed by atoms with Crippen molar-refractivity contribution in [3.8, 4) is 0 Å². The molecular formula is C17H22N2O2. The highest BCUT2D eigenvalue weighted by molar-refractivity contribution is 5.84. The monoisotopic (exact) mass is 286 g/mol. The SMILES string of the molecule is O=C(CCc1c[nH]c2ccccc12)N1CCC(CCO)C1. The van der Waals surface area contributed by atoms with Crippen molar-refractivity contribution in [2.75, 3.05) is 19.7 Å². The van der Waals surface area contributed by atoms with E-state index in [4.69, 9.17) is 5.11 Å². The minimum atomic E-state index is 0.224. The lowest BCUT2D eigenvalue weighted by Gasteiger charge is -2.16. The Morgan fingerprint density at radius 2 is 2.24 bits per heavy atom. The van der Waals surface area contributed by atoms with Gasteiger partial charge in [0.05, 0.1) is 0 Å². The zero-order valence-electron chi connectivity index (χ0n) is 12.2. The van der Waals surface area contributed by atoms with Crippen LogP contribution in [0, 0.1) is 5.92 Å². The van der Waals surface area contributed by atoms with Crippen molar-refractivity contribution < 1.29 is 9.90 Å². The first-order valence-corrected chi connectivity index (χ1v) is 7.71. The number of nitrogens with zero attached hydrogens (tertiary/aromatic N) is 1. The van der Waals surface area contributed by atoms with E-state index in [1.165, 1.54) is 10.9 Å². The van der Waals surface area contributed by atoms with Gasteiger partial charge in [0.25, 0.3) is 0 Å². The summed E-state index contributed by atoms with van der Waals surface area (Å²) in [5, 5.41) is 10.2. The number of aliphatic hydroxyl groups excluding tert-OH is 1. The van der Waals surface area contributed by atoms with E-state index in [9.17, 15) is 4.79 Å². The van der Waals surface area contributed by atoms with Crippen LogP contribution in [0.25, 0.3) is 10.9 Å². The summed E-state index contributed by atoms with van der Waals surface area (Å²) in [5.41, 5.74) is 2.34. The van der Waals surface area contributed by atoms with Gasteiger partial charge in [0.1, 0.15) is 0 Å². The van der Waals surface area contributed by atoms with E-state index in [2.05, 4.69) is 17.1 Å². The third-order valence-corrected chi connectivity index (χ3v) is 4.46. The molecule has 4 nitrogen and oxygen atoms in total. The smallest absolute Gasteiger partial charge is 0.222 e. The predicted molar refractivity (Wildman–Crippen MR) is 83.0 cm³/mol. The maximum atomic E-state index is 12.3. The van der Waals surface area contributed by atoms with Gasteiger partial charge in [-0.05, 0) is 36.8 Å². The van der Waals surface area contributed by atoms with Crippen molar-refractivity contribution in [1.29, 1.82) is 0 Å². The molecule has 1 unspecified atom stereocenters. The van der Waals surface area contributed by atoms with Crippen molar-refractivity contribution in [3.63, 3.8) is 0 Å². The van der Waals surface area contributed by atoms with Crippen LogP contribution >= 0.6 is 0 Å². The maximum Gasteiger partial charge on any atom is 0.222 e. The molecule has 2 aromatic rings. The van der Waals surface area contributed by atoms with Crippen molar-refractivity contribution in [3.05, 3.63) is 36.0 Å². The Hall–Kier alpha value is -1.81. The Bertz CT molecular complexity index is 620. The molecule has 1 aliphatic rings. The molecule has 1 atom stereocenters. The van der Waals surface area contributed by atoms with Crippen LogP contribution in [0.15, 0.2) is 30.5 Å². The van der Waals surface area contributed by atoms with Crippen LogP contribution < -0.4 is 0 Å². The minimum Gasteiger partial charge on any atom is -0.396 e. The van der Waals surface area contributed by atoms with E-state index >= 15 is 0 Å². The molecule has 0 radical (unpaired) electrons. The number of hydrogen-bond donors (Lipinski definition) is 2. The largest absolute Gasteiger partial charge is 0.396 e. The first-order chi connectivity index (χ1) is 10.3. The molecule has 21 heavy (non-hydrogen) atoms. The summed E-state index contributed by atoms with van der Waals surface area (Å²) in [6, 6.07) is 8.19. The molecule has 4 heteroatoms. The number of hydrogen-bond acceptors (Lipinski definition) is 2. The Morgan fingerprint density at radius 3 is 3.10 bits per heavy atom. The molecule has 2 N–H and O–H groups in total. The molecule has 1 amide bonds. The zero-order chi connectivity index (χ0) is 14.7. The number of carbonyl (C=O) groups is 1. The molecule has 0 aliphatic carbocycles. The number of rotatable bonds is 5. The van der Waals surface area contributed by atoms with Crippen LogP contribution in [0.5, 0.6) is 0 Å². The van der Waals surface area contributed by atoms with Crippen LogP contribution in [0.3, 0.4) is 0 Å². The third kappa shape index (κ3) is 3.10. The highest BCUT2D eigenvalue weighted by Gasteiger charge is 2.25. The number of fused-ring (bicyclic) bond motifs is 1. The molecule has 1 aliphatic heterocycles. The molecule has 0 saturated carbocycles. The van der Waals surface area contributed by atoms with Crippen LogP contribution in [0.2, 0.25) is 0 Å². The van der Waals surface area contributed by atoms with Gasteiger partial charge in [0.15, 0.2) is 0 Å². The van der Waals surface area contributed by atoms with Gasteiger partial charge in [0.2, 0.25) is 5.91 Å². The van der Waals surface area contributed by atoms with Gasteiger partial charge in [-0.3, -0.25) is 4.79 Å². The molecule has 0 bridgehead atoms. The number of carbonyl (C=O) groups excluding carboxylic acids is 1. The van der Waals surface area contributed by atoms with Gasteiger partial charge in [-0.25, -0.2) is 0 Å². The van der Waals surface area contributed by atoms with Crippen LogP contribution in [0.1, 0.15) is 24.8 Å². The van der Waals surface area contributed by atoms with E-state index in [0.717, 1.165) is 37.9 Å². The Labute approximate surface area is 124 Å². The van der Waals surface area contributed by atoms with Crippen LogP contribution in [-0.4, -0.2) is 40.6 Å². The number of likely N-dealkylation sites (tertiary alicyclic amines) is 1. The number of amides is 1. The fourth-order valence-corrected chi connectivity index (χ4v) is 3.22. The van der Waals surface area contributed by atoms with Gasteiger partial charge in [-0.1, -0.05) is 18.2 Å². The first kappa shape index (κ1) is 14.1. The number of H-pyrrole nitrogens is 1. The average molecular weight is 286 g/mol. The molecular weight excluding hydrogens is 264 g/mol. The van der Waals surface area contributed by atoms with Crippen molar-refractivity contribution in [1.82, 2.24) is 9.88 Å². The molecule has 1 aromatic carbocycles. The lowest BCUT2D eigenvalue weighted by molar-refractivity contribution is -0.130. The van der Waals surface area contributed by atoms with Crippen molar-refractivity contribution >= 4 is 16.8 Å². The lowest BCUT2D eigenvalue weighted by Crippen LogP contribution is -2.28. The molecule has 0 spiro atoms. The maximum absolute atomic E-state index is 12.3. The Morgan fingerprint density at radius 1 is 1.38 bits per heavy atom. The molecule has 2 heterocycles. The van der Waals surface area contributed by atoms with Gasteiger partial charge in [0, 0.05) is 43.2 Å². The number of aliphatic hydroxyl groups is 1. The quantitative estimate of drug-likeness (QED) is 0.886. The normalized spacial score (nSPS) is 18.5.